The molecule has 0 unspecified atom stereocenters. The first kappa shape index (κ1) is 18.5. The first-order valence-corrected chi connectivity index (χ1v) is 9.51. The summed E-state index contributed by atoms with van der Waals surface area (Å²) in [6.07, 6.45) is 0. The van der Waals surface area contributed by atoms with Crippen LogP contribution in [0.15, 0.2) is 59.6 Å². The first-order chi connectivity index (χ1) is 12.6. The molecule has 0 saturated carbocycles. The second-order valence-electron chi connectivity index (χ2n) is 5.61. The highest BCUT2D eigenvalue weighted by Crippen LogP contribution is 2.23. The molecule has 0 aliphatic rings. The van der Waals surface area contributed by atoms with Gasteiger partial charge < -0.3 is 9.47 Å². The molecule has 134 valence electrons. The molecular formula is C20H18ClNO3S. The van der Waals surface area contributed by atoms with Crippen LogP contribution < -0.4 is 4.74 Å². The number of ether oxygens (including phenoxy) is 2. The van der Waals surface area contributed by atoms with Gasteiger partial charge in [0, 0.05) is 10.4 Å². The Balaban J connectivity index is 1.43. The summed E-state index contributed by atoms with van der Waals surface area (Å²) >= 11 is 7.18. The van der Waals surface area contributed by atoms with E-state index in [1.807, 2.05) is 37.3 Å². The van der Waals surface area contributed by atoms with Crippen molar-refractivity contribution in [3.05, 3.63) is 65.2 Å². The van der Waals surface area contributed by atoms with Crippen molar-refractivity contribution in [2.24, 2.45) is 0 Å². The molecule has 1 heterocycles. The number of fused-ring (bicyclic) bond motifs is 1. The Hall–Kier alpha value is -2.24. The summed E-state index contributed by atoms with van der Waals surface area (Å²) in [5, 5.41) is 2.59. The van der Waals surface area contributed by atoms with E-state index >= 15 is 0 Å². The molecule has 0 N–H and O–H groups in total. The fourth-order valence-corrected chi connectivity index (χ4v) is 3.31. The average molecular weight is 388 g/mol. The van der Waals surface area contributed by atoms with Crippen molar-refractivity contribution in [3.63, 3.8) is 0 Å². The minimum atomic E-state index is -0.290. The van der Waals surface area contributed by atoms with Crippen LogP contribution in [-0.2, 0) is 9.53 Å². The topological polar surface area (TPSA) is 48.4 Å². The van der Waals surface area contributed by atoms with Crippen LogP contribution in [0.5, 0.6) is 5.75 Å². The first-order valence-electron chi connectivity index (χ1n) is 8.15. The molecule has 26 heavy (non-hydrogen) atoms. The standard InChI is InChI=1S/C20H18ClNO3S/c1-14-12-19(22-18-5-3-2-4-17(14)18)26-13-20(23)25-11-10-24-16-8-6-15(21)7-9-16/h2-9,12H,10-11,13H2,1H3. The number of hydrogen-bond acceptors (Lipinski definition) is 5. The largest absolute Gasteiger partial charge is 0.490 e. The highest BCUT2D eigenvalue weighted by Gasteiger charge is 2.08. The van der Waals surface area contributed by atoms with Crippen LogP contribution in [0, 0.1) is 6.92 Å². The Morgan fingerprint density at radius 1 is 1.12 bits per heavy atom. The summed E-state index contributed by atoms with van der Waals surface area (Å²) in [6, 6.07) is 17.0. The van der Waals surface area contributed by atoms with Crippen LogP contribution in [0.25, 0.3) is 10.9 Å². The molecular weight excluding hydrogens is 370 g/mol. The lowest BCUT2D eigenvalue weighted by atomic mass is 10.1. The number of hydrogen-bond donors (Lipinski definition) is 0. The monoisotopic (exact) mass is 387 g/mol. The highest BCUT2D eigenvalue weighted by atomic mass is 35.5. The number of benzene rings is 2. The van der Waals surface area contributed by atoms with Gasteiger partial charge in [0.05, 0.1) is 16.3 Å². The van der Waals surface area contributed by atoms with Crippen molar-refractivity contribution in [3.8, 4) is 5.75 Å². The summed E-state index contributed by atoms with van der Waals surface area (Å²) < 4.78 is 10.7. The summed E-state index contributed by atoms with van der Waals surface area (Å²) in [6.45, 7) is 2.54. The van der Waals surface area contributed by atoms with Crippen molar-refractivity contribution in [2.45, 2.75) is 11.9 Å². The van der Waals surface area contributed by atoms with Crippen LogP contribution in [0.1, 0.15) is 5.56 Å². The number of nitrogens with zero attached hydrogens (tertiary/aromatic N) is 1. The maximum atomic E-state index is 11.9. The number of thioether (sulfide) groups is 1. The predicted molar refractivity (Wildman–Crippen MR) is 105 cm³/mol. The average Bonchev–Trinajstić information content (AvgIpc) is 2.65. The summed E-state index contributed by atoms with van der Waals surface area (Å²) in [5.74, 6) is 0.615. The normalized spacial score (nSPS) is 10.7. The van der Waals surface area contributed by atoms with Crippen molar-refractivity contribution in [2.75, 3.05) is 19.0 Å². The van der Waals surface area contributed by atoms with E-state index in [0.717, 1.165) is 21.5 Å². The minimum Gasteiger partial charge on any atom is -0.490 e. The Kier molecular flexibility index (Phi) is 6.36. The molecule has 3 aromatic rings. The molecule has 0 radical (unpaired) electrons. The highest BCUT2D eigenvalue weighted by molar-refractivity contribution is 7.99. The number of halogens is 1. The van der Waals surface area contributed by atoms with E-state index < -0.39 is 0 Å². The molecule has 0 saturated heterocycles. The fraction of sp³-hybridized carbons (Fsp3) is 0.200. The van der Waals surface area contributed by atoms with Crippen molar-refractivity contribution in [1.82, 2.24) is 4.98 Å². The van der Waals surface area contributed by atoms with Gasteiger partial charge in [-0.25, -0.2) is 4.98 Å². The van der Waals surface area contributed by atoms with Crippen LogP contribution in [0.3, 0.4) is 0 Å². The van der Waals surface area contributed by atoms with Crippen LogP contribution in [-0.4, -0.2) is 29.9 Å². The molecule has 0 amide bonds. The molecule has 0 aliphatic carbocycles. The van der Waals surface area contributed by atoms with Gasteiger partial charge in [0.15, 0.2) is 0 Å². The van der Waals surface area contributed by atoms with Gasteiger partial charge in [0.2, 0.25) is 0 Å². The second-order valence-corrected chi connectivity index (χ2v) is 7.04. The fourth-order valence-electron chi connectivity index (χ4n) is 2.41. The van der Waals surface area contributed by atoms with E-state index in [0.29, 0.717) is 17.4 Å². The van der Waals surface area contributed by atoms with Gasteiger partial charge >= 0.3 is 5.97 Å². The second kappa shape index (κ2) is 8.92. The number of carbonyl (C=O) groups excluding carboxylic acids is 1. The zero-order valence-electron chi connectivity index (χ0n) is 14.3. The van der Waals surface area contributed by atoms with Gasteiger partial charge in [-0.05, 0) is 48.9 Å². The van der Waals surface area contributed by atoms with E-state index in [4.69, 9.17) is 21.1 Å². The molecule has 0 fully saturated rings. The zero-order chi connectivity index (χ0) is 18.4. The lowest BCUT2D eigenvalue weighted by molar-refractivity contribution is -0.141. The summed E-state index contributed by atoms with van der Waals surface area (Å²) in [4.78, 5) is 16.4. The molecule has 3 rings (SSSR count). The molecule has 0 atom stereocenters. The van der Waals surface area contributed by atoms with Crippen molar-refractivity contribution < 1.29 is 14.3 Å². The number of aryl methyl sites for hydroxylation is 1. The lowest BCUT2D eigenvalue weighted by Crippen LogP contribution is -2.13. The van der Waals surface area contributed by atoms with E-state index in [9.17, 15) is 4.79 Å². The van der Waals surface area contributed by atoms with Crippen molar-refractivity contribution in [1.29, 1.82) is 0 Å². The SMILES string of the molecule is Cc1cc(SCC(=O)OCCOc2ccc(Cl)cc2)nc2ccccc12. The molecule has 1 aromatic heterocycles. The molecule has 0 bridgehead atoms. The Labute approximate surface area is 161 Å². The molecule has 4 nitrogen and oxygen atoms in total. The van der Waals surface area contributed by atoms with Gasteiger partial charge in [-0.3, -0.25) is 4.79 Å². The van der Waals surface area contributed by atoms with Crippen LogP contribution >= 0.6 is 23.4 Å². The molecule has 6 heteroatoms. The third kappa shape index (κ3) is 5.13. The number of carbonyl (C=O) groups is 1. The number of para-hydroxylation sites is 1. The van der Waals surface area contributed by atoms with Gasteiger partial charge in [-0.1, -0.05) is 41.6 Å². The minimum absolute atomic E-state index is 0.201. The summed E-state index contributed by atoms with van der Waals surface area (Å²) in [5.41, 5.74) is 2.07. The Bertz CT molecular complexity index is 899. The maximum Gasteiger partial charge on any atom is 0.316 e. The predicted octanol–water partition coefficient (Wildman–Crippen LogP) is 4.91. The molecule has 0 spiro atoms. The van der Waals surface area contributed by atoms with E-state index in [2.05, 4.69) is 4.98 Å². The van der Waals surface area contributed by atoms with E-state index in [1.165, 1.54) is 11.8 Å². The summed E-state index contributed by atoms with van der Waals surface area (Å²) in [7, 11) is 0. The zero-order valence-corrected chi connectivity index (χ0v) is 15.8. The molecule has 2 aromatic carbocycles. The quantitative estimate of drug-likeness (QED) is 0.327. The van der Waals surface area contributed by atoms with Crippen LogP contribution in [0.4, 0.5) is 0 Å². The van der Waals surface area contributed by atoms with Gasteiger partial charge in [0.1, 0.15) is 19.0 Å². The van der Waals surface area contributed by atoms with Crippen LogP contribution in [0.2, 0.25) is 5.02 Å². The smallest absolute Gasteiger partial charge is 0.316 e. The number of esters is 1. The van der Waals surface area contributed by atoms with E-state index in [-0.39, 0.29) is 18.3 Å². The third-order valence-corrected chi connectivity index (χ3v) is 4.80. The van der Waals surface area contributed by atoms with Gasteiger partial charge in [-0.15, -0.1) is 0 Å². The Morgan fingerprint density at radius 2 is 1.88 bits per heavy atom. The number of pyridine rings is 1. The van der Waals surface area contributed by atoms with Crippen molar-refractivity contribution >= 4 is 40.2 Å². The Morgan fingerprint density at radius 3 is 2.69 bits per heavy atom. The lowest BCUT2D eigenvalue weighted by Gasteiger charge is -2.08. The molecule has 0 aliphatic heterocycles. The maximum absolute atomic E-state index is 11.9. The van der Waals surface area contributed by atoms with E-state index in [1.54, 1.807) is 24.3 Å². The number of aromatic nitrogens is 1. The third-order valence-electron chi connectivity index (χ3n) is 3.67. The van der Waals surface area contributed by atoms with Gasteiger partial charge in [-0.2, -0.15) is 0 Å². The van der Waals surface area contributed by atoms with Gasteiger partial charge in [0.25, 0.3) is 0 Å². The number of rotatable bonds is 7.